The summed E-state index contributed by atoms with van der Waals surface area (Å²) in [6.07, 6.45) is 2.11. The Morgan fingerprint density at radius 2 is 1.79 bits per heavy atom. The van der Waals surface area contributed by atoms with Gasteiger partial charge in [-0.25, -0.2) is 4.79 Å². The van der Waals surface area contributed by atoms with Crippen molar-refractivity contribution in [2.45, 2.75) is 11.3 Å². The average Bonchev–Trinajstić information content (AvgIpc) is 3.26. The lowest BCUT2D eigenvalue weighted by molar-refractivity contribution is -0.122. The lowest BCUT2D eigenvalue weighted by atomic mass is 10.1. The van der Waals surface area contributed by atoms with Crippen molar-refractivity contribution in [3.63, 3.8) is 0 Å². The van der Waals surface area contributed by atoms with Crippen LogP contribution in [-0.2, 0) is 19.1 Å². The molecule has 174 valence electrons. The summed E-state index contributed by atoms with van der Waals surface area (Å²) in [5.41, 5.74) is 2.30. The maximum absolute atomic E-state index is 13.0. The molecule has 0 saturated carbocycles. The standard InChI is InChI=1S/C24H27N3O5S/c1-31-24(30)20-14-18(26-9-11-32-12-10-26)5-8-21(20)25-23(29)16-13-22(28)27(15-16)17-3-6-19(33-2)7-4-17/h3-8,14,16H,9-13,15H2,1-2H3,(H,25,29). The van der Waals surface area contributed by atoms with Gasteiger partial charge in [-0.05, 0) is 48.7 Å². The SMILES string of the molecule is COC(=O)c1cc(N2CCOCC2)ccc1NC(=O)C1CC(=O)N(c2ccc(SC)cc2)C1. The normalized spacial score (nSPS) is 18.4. The summed E-state index contributed by atoms with van der Waals surface area (Å²) in [6.45, 7) is 2.99. The number of hydrogen-bond donors (Lipinski definition) is 1. The molecule has 8 nitrogen and oxygen atoms in total. The van der Waals surface area contributed by atoms with Gasteiger partial charge in [-0.15, -0.1) is 11.8 Å². The number of amides is 2. The number of hydrogen-bond acceptors (Lipinski definition) is 7. The second-order valence-corrected chi connectivity index (χ2v) is 8.79. The van der Waals surface area contributed by atoms with Gasteiger partial charge in [-0.2, -0.15) is 0 Å². The quantitative estimate of drug-likeness (QED) is 0.514. The maximum Gasteiger partial charge on any atom is 0.340 e. The highest BCUT2D eigenvalue weighted by Gasteiger charge is 2.35. The fourth-order valence-electron chi connectivity index (χ4n) is 4.07. The van der Waals surface area contributed by atoms with Crippen molar-refractivity contribution in [2.75, 3.05) is 61.3 Å². The van der Waals surface area contributed by atoms with Crippen LogP contribution in [0.1, 0.15) is 16.8 Å². The summed E-state index contributed by atoms with van der Waals surface area (Å²) >= 11 is 1.63. The third kappa shape index (κ3) is 5.15. The number of carbonyl (C=O) groups excluding carboxylic acids is 3. The van der Waals surface area contributed by atoms with E-state index in [0.717, 1.165) is 29.4 Å². The van der Waals surface area contributed by atoms with Gasteiger partial charge >= 0.3 is 5.97 Å². The topological polar surface area (TPSA) is 88.2 Å². The Labute approximate surface area is 197 Å². The molecule has 0 radical (unpaired) electrons. The number of methoxy groups -OCH3 is 1. The van der Waals surface area contributed by atoms with Crippen LogP contribution < -0.4 is 15.1 Å². The smallest absolute Gasteiger partial charge is 0.340 e. The summed E-state index contributed by atoms with van der Waals surface area (Å²) in [4.78, 5) is 42.9. The van der Waals surface area contributed by atoms with Crippen molar-refractivity contribution >= 4 is 46.6 Å². The van der Waals surface area contributed by atoms with Crippen LogP contribution in [0, 0.1) is 5.92 Å². The molecule has 2 aliphatic rings. The summed E-state index contributed by atoms with van der Waals surface area (Å²) in [6, 6.07) is 13.0. The third-order valence-electron chi connectivity index (χ3n) is 5.92. The van der Waals surface area contributed by atoms with Gasteiger partial charge in [-0.1, -0.05) is 0 Å². The number of nitrogens with one attached hydrogen (secondary N) is 1. The van der Waals surface area contributed by atoms with Crippen molar-refractivity contribution in [1.82, 2.24) is 0 Å². The number of carbonyl (C=O) groups is 3. The van der Waals surface area contributed by atoms with Crippen LogP contribution in [0.15, 0.2) is 47.4 Å². The Balaban J connectivity index is 1.49. The fourth-order valence-corrected chi connectivity index (χ4v) is 4.48. The van der Waals surface area contributed by atoms with E-state index in [2.05, 4.69) is 10.2 Å². The van der Waals surface area contributed by atoms with Crippen molar-refractivity contribution in [2.24, 2.45) is 5.92 Å². The highest BCUT2D eigenvalue weighted by Crippen LogP contribution is 2.29. The molecule has 4 rings (SSSR count). The number of rotatable bonds is 6. The predicted molar refractivity (Wildman–Crippen MR) is 128 cm³/mol. The molecule has 0 bridgehead atoms. The molecule has 2 saturated heterocycles. The van der Waals surface area contributed by atoms with Crippen molar-refractivity contribution in [3.05, 3.63) is 48.0 Å². The van der Waals surface area contributed by atoms with E-state index in [1.807, 2.05) is 36.6 Å². The van der Waals surface area contributed by atoms with E-state index in [4.69, 9.17) is 9.47 Å². The van der Waals surface area contributed by atoms with Crippen LogP contribution in [-0.4, -0.2) is 64.0 Å². The number of morpholine rings is 1. The first-order valence-electron chi connectivity index (χ1n) is 10.8. The Morgan fingerprint density at radius 3 is 2.45 bits per heavy atom. The second kappa shape index (κ2) is 10.3. The molecule has 2 aliphatic heterocycles. The zero-order chi connectivity index (χ0) is 23.4. The Morgan fingerprint density at radius 1 is 1.09 bits per heavy atom. The minimum absolute atomic E-state index is 0.0945. The number of nitrogens with zero attached hydrogens (tertiary/aromatic N) is 2. The van der Waals surface area contributed by atoms with E-state index >= 15 is 0 Å². The molecule has 2 aromatic rings. The number of esters is 1. The first kappa shape index (κ1) is 23.1. The third-order valence-corrected chi connectivity index (χ3v) is 6.67. The number of benzene rings is 2. The van der Waals surface area contributed by atoms with Gasteiger partial charge in [0, 0.05) is 42.3 Å². The highest BCUT2D eigenvalue weighted by atomic mass is 32.2. The molecule has 0 spiro atoms. The Kier molecular flexibility index (Phi) is 7.20. The minimum atomic E-state index is -0.529. The molecule has 2 amide bonds. The van der Waals surface area contributed by atoms with E-state index in [1.54, 1.807) is 28.8 Å². The van der Waals surface area contributed by atoms with E-state index in [9.17, 15) is 14.4 Å². The van der Waals surface area contributed by atoms with Crippen LogP contribution >= 0.6 is 11.8 Å². The van der Waals surface area contributed by atoms with E-state index < -0.39 is 11.9 Å². The predicted octanol–water partition coefficient (Wildman–Crippen LogP) is 3.02. The van der Waals surface area contributed by atoms with Gasteiger partial charge in [0.25, 0.3) is 0 Å². The Hall–Kier alpha value is -3.04. The van der Waals surface area contributed by atoms with Gasteiger partial charge in [0.1, 0.15) is 0 Å². The summed E-state index contributed by atoms with van der Waals surface area (Å²) in [5.74, 6) is -1.43. The molecule has 33 heavy (non-hydrogen) atoms. The van der Waals surface area contributed by atoms with Crippen molar-refractivity contribution in [3.8, 4) is 0 Å². The number of anilines is 3. The monoisotopic (exact) mass is 469 g/mol. The molecule has 2 fully saturated rings. The lowest BCUT2D eigenvalue weighted by Crippen LogP contribution is -2.36. The van der Waals surface area contributed by atoms with E-state index in [-0.39, 0.29) is 23.8 Å². The second-order valence-electron chi connectivity index (χ2n) is 7.91. The first-order valence-corrected chi connectivity index (χ1v) is 12.0. The van der Waals surface area contributed by atoms with Gasteiger partial charge in [0.2, 0.25) is 11.8 Å². The van der Waals surface area contributed by atoms with Crippen molar-refractivity contribution in [1.29, 1.82) is 0 Å². The van der Waals surface area contributed by atoms with Crippen LogP contribution in [0.25, 0.3) is 0 Å². The van der Waals surface area contributed by atoms with Gasteiger partial charge in [-0.3, -0.25) is 9.59 Å². The molecule has 1 N–H and O–H groups in total. The fraction of sp³-hybridized carbons (Fsp3) is 0.375. The molecule has 9 heteroatoms. The van der Waals surface area contributed by atoms with Gasteiger partial charge in [0.15, 0.2) is 0 Å². The number of thioether (sulfide) groups is 1. The zero-order valence-corrected chi connectivity index (χ0v) is 19.5. The molecule has 1 unspecified atom stereocenters. The molecule has 0 aliphatic carbocycles. The van der Waals surface area contributed by atoms with Gasteiger partial charge < -0.3 is 24.6 Å². The lowest BCUT2D eigenvalue weighted by Gasteiger charge is -2.29. The summed E-state index contributed by atoms with van der Waals surface area (Å²) in [7, 11) is 1.31. The molecule has 2 aromatic carbocycles. The van der Waals surface area contributed by atoms with Crippen molar-refractivity contribution < 1.29 is 23.9 Å². The largest absolute Gasteiger partial charge is 0.465 e. The average molecular weight is 470 g/mol. The molecule has 2 heterocycles. The molecule has 0 aromatic heterocycles. The first-order chi connectivity index (χ1) is 16.0. The maximum atomic E-state index is 13.0. The van der Waals surface area contributed by atoms with Crippen LogP contribution in [0.2, 0.25) is 0 Å². The van der Waals surface area contributed by atoms with Gasteiger partial charge in [0.05, 0.1) is 37.5 Å². The van der Waals surface area contributed by atoms with E-state index in [1.165, 1.54) is 7.11 Å². The zero-order valence-electron chi connectivity index (χ0n) is 18.7. The molecule has 1 atom stereocenters. The number of ether oxygens (including phenoxy) is 2. The van der Waals surface area contributed by atoms with E-state index in [0.29, 0.717) is 25.4 Å². The minimum Gasteiger partial charge on any atom is -0.465 e. The van der Waals surface area contributed by atoms with Crippen LogP contribution in [0.3, 0.4) is 0 Å². The van der Waals surface area contributed by atoms with Crippen LogP contribution in [0.4, 0.5) is 17.1 Å². The summed E-state index contributed by atoms with van der Waals surface area (Å²) < 4.78 is 10.3. The highest BCUT2D eigenvalue weighted by molar-refractivity contribution is 7.98. The van der Waals surface area contributed by atoms with Crippen LogP contribution in [0.5, 0.6) is 0 Å². The molecular weight excluding hydrogens is 442 g/mol. The molecular formula is C24H27N3O5S. The Bertz CT molecular complexity index is 1040. The summed E-state index contributed by atoms with van der Waals surface area (Å²) in [5, 5.41) is 2.84.